The van der Waals surface area contributed by atoms with E-state index in [0.29, 0.717) is 28.9 Å². The molecule has 1 aromatic heterocycles. The van der Waals surface area contributed by atoms with Crippen LogP contribution in [0.25, 0.3) is 10.9 Å². The number of hydrogen-bond acceptors (Lipinski definition) is 5. The van der Waals surface area contributed by atoms with Crippen LogP contribution in [-0.2, 0) is 17.4 Å². The van der Waals surface area contributed by atoms with Gasteiger partial charge in [-0.25, -0.2) is 0 Å². The quantitative estimate of drug-likeness (QED) is 0.237. The predicted octanol–water partition coefficient (Wildman–Crippen LogP) is 7.18. The maximum atomic E-state index is 13.0. The number of carbonyl (C=O) groups is 1. The highest BCUT2D eigenvalue weighted by molar-refractivity contribution is 7.99. The Labute approximate surface area is 231 Å². The van der Waals surface area contributed by atoms with Crippen LogP contribution in [-0.4, -0.2) is 53.5 Å². The van der Waals surface area contributed by atoms with E-state index in [1.807, 2.05) is 24.4 Å². The predicted molar refractivity (Wildman–Crippen MR) is 148 cm³/mol. The molecule has 2 aromatic carbocycles. The number of thioether (sulfide) groups is 1. The summed E-state index contributed by atoms with van der Waals surface area (Å²) in [7, 11) is 1.66. The van der Waals surface area contributed by atoms with Gasteiger partial charge in [-0.05, 0) is 98.5 Å². The summed E-state index contributed by atoms with van der Waals surface area (Å²) in [6.45, 7) is 2.52. The molecule has 3 aromatic rings. The van der Waals surface area contributed by atoms with E-state index in [9.17, 15) is 23.1 Å². The maximum absolute atomic E-state index is 13.0. The lowest BCUT2D eigenvalue weighted by molar-refractivity contribution is -0.138. The number of hydrogen-bond donors (Lipinski definition) is 1. The van der Waals surface area contributed by atoms with E-state index in [1.165, 1.54) is 29.5 Å². The second-order valence-corrected chi connectivity index (χ2v) is 11.3. The molecule has 4 rings (SSSR count). The highest BCUT2D eigenvalue weighted by Crippen LogP contribution is 2.34. The fourth-order valence-electron chi connectivity index (χ4n) is 5.51. The molecule has 0 amide bonds. The Morgan fingerprint density at radius 1 is 1.15 bits per heavy atom. The van der Waals surface area contributed by atoms with Gasteiger partial charge in [0.2, 0.25) is 0 Å². The number of aliphatic carboxylic acids is 1. The molecule has 1 aliphatic heterocycles. The van der Waals surface area contributed by atoms with Crippen LogP contribution in [0.3, 0.4) is 0 Å². The number of carboxylic acids is 1. The second kappa shape index (κ2) is 13.5. The highest BCUT2D eigenvalue weighted by Gasteiger charge is 2.31. The zero-order valence-corrected chi connectivity index (χ0v) is 22.9. The Bertz CT molecular complexity index is 1250. The minimum Gasteiger partial charge on any atom is -0.497 e. The van der Waals surface area contributed by atoms with Crippen molar-refractivity contribution in [2.75, 3.05) is 32.5 Å². The van der Waals surface area contributed by atoms with E-state index in [0.717, 1.165) is 68.0 Å². The standard InChI is InChI=1S/C30H35F3N2O3S/c1-38-25-9-10-28-27(19-25)22(12-14-34-28)5-2-4-21-13-15-35(20-23(21)8-11-29(36)37)16-17-39-26-7-3-6-24(18-26)30(31,32)33/h3,6-7,9-10,12,14,18-19,21,23H,2,4-5,8,11,13,15-17,20H2,1H3,(H,36,37)/t21-,23+/m1/s1. The largest absolute Gasteiger partial charge is 0.497 e. The SMILES string of the molecule is COc1ccc2nccc(CCC[C@@H]3CCN(CCSc4cccc(C(F)(F)F)c4)C[C@@H]3CCC(=O)O)c2c1. The van der Waals surface area contributed by atoms with E-state index in [2.05, 4.69) is 16.0 Å². The van der Waals surface area contributed by atoms with Gasteiger partial charge in [0.15, 0.2) is 0 Å². The molecule has 0 spiro atoms. The van der Waals surface area contributed by atoms with E-state index in [-0.39, 0.29) is 6.42 Å². The zero-order valence-electron chi connectivity index (χ0n) is 22.1. The first-order valence-corrected chi connectivity index (χ1v) is 14.4. The van der Waals surface area contributed by atoms with Gasteiger partial charge in [-0.2, -0.15) is 13.2 Å². The Morgan fingerprint density at radius 3 is 2.77 bits per heavy atom. The van der Waals surface area contributed by atoms with Gasteiger partial charge in [0.25, 0.3) is 0 Å². The van der Waals surface area contributed by atoms with Gasteiger partial charge < -0.3 is 14.7 Å². The van der Waals surface area contributed by atoms with Crippen molar-refractivity contribution in [3.63, 3.8) is 0 Å². The third kappa shape index (κ3) is 8.35. The van der Waals surface area contributed by atoms with Crippen LogP contribution in [0.2, 0.25) is 0 Å². The molecule has 0 aliphatic carbocycles. The number of aromatic nitrogens is 1. The number of likely N-dealkylation sites (tertiary alicyclic amines) is 1. The molecular formula is C30H35F3N2O3S. The van der Waals surface area contributed by atoms with Gasteiger partial charge in [0.1, 0.15) is 5.75 Å². The molecule has 9 heteroatoms. The first-order chi connectivity index (χ1) is 18.7. The topological polar surface area (TPSA) is 62.7 Å². The van der Waals surface area contributed by atoms with Gasteiger partial charge >= 0.3 is 12.1 Å². The smallest absolute Gasteiger partial charge is 0.416 e. The second-order valence-electron chi connectivity index (χ2n) is 10.2. The average molecular weight is 561 g/mol. The molecule has 210 valence electrons. The molecule has 2 heterocycles. The Balaban J connectivity index is 1.31. The van der Waals surface area contributed by atoms with Crippen molar-refractivity contribution < 1.29 is 27.8 Å². The summed E-state index contributed by atoms with van der Waals surface area (Å²) in [6, 6.07) is 13.4. The summed E-state index contributed by atoms with van der Waals surface area (Å²) in [4.78, 5) is 18.7. The molecule has 1 fully saturated rings. The Kier molecular flexibility index (Phi) is 10.1. The number of rotatable bonds is 12. The van der Waals surface area contributed by atoms with Gasteiger partial charge in [0, 0.05) is 41.7 Å². The average Bonchev–Trinajstić information content (AvgIpc) is 2.92. The summed E-state index contributed by atoms with van der Waals surface area (Å²) >= 11 is 1.43. The fraction of sp³-hybridized carbons (Fsp3) is 0.467. The number of halogens is 3. The van der Waals surface area contributed by atoms with Crippen molar-refractivity contribution in [3.8, 4) is 5.75 Å². The van der Waals surface area contributed by atoms with Gasteiger partial charge in [-0.1, -0.05) is 6.07 Å². The van der Waals surface area contributed by atoms with E-state index in [4.69, 9.17) is 4.74 Å². The third-order valence-electron chi connectivity index (χ3n) is 7.60. The maximum Gasteiger partial charge on any atom is 0.416 e. The molecule has 0 saturated carbocycles. The highest BCUT2D eigenvalue weighted by atomic mass is 32.2. The molecule has 0 bridgehead atoms. The Hall–Kier alpha value is -2.78. The lowest BCUT2D eigenvalue weighted by Gasteiger charge is -2.39. The Morgan fingerprint density at radius 2 is 2.00 bits per heavy atom. The first kappa shape index (κ1) is 29.2. The van der Waals surface area contributed by atoms with Crippen LogP contribution in [0.4, 0.5) is 13.2 Å². The van der Waals surface area contributed by atoms with Gasteiger partial charge in [-0.15, -0.1) is 11.8 Å². The van der Waals surface area contributed by atoms with Crippen molar-refractivity contribution >= 4 is 28.6 Å². The monoisotopic (exact) mass is 560 g/mol. The fourth-order valence-corrected chi connectivity index (χ4v) is 6.48. The third-order valence-corrected chi connectivity index (χ3v) is 8.58. The number of fused-ring (bicyclic) bond motifs is 1. The summed E-state index contributed by atoms with van der Waals surface area (Å²) < 4.78 is 44.4. The minimum atomic E-state index is -4.34. The molecule has 1 saturated heterocycles. The summed E-state index contributed by atoms with van der Waals surface area (Å²) in [5.41, 5.74) is 1.56. The number of nitrogens with zero attached hydrogens (tertiary/aromatic N) is 2. The summed E-state index contributed by atoms with van der Waals surface area (Å²) in [5.74, 6) is 1.48. The van der Waals surface area contributed by atoms with Crippen LogP contribution in [0.15, 0.2) is 59.6 Å². The number of pyridine rings is 1. The van der Waals surface area contributed by atoms with Gasteiger partial charge in [-0.3, -0.25) is 9.78 Å². The molecule has 0 radical (unpaired) electrons. The number of piperidine rings is 1. The molecule has 2 atom stereocenters. The number of alkyl halides is 3. The number of carboxylic acid groups (broad SMARTS) is 1. The summed E-state index contributed by atoms with van der Waals surface area (Å²) in [5, 5.41) is 10.4. The molecule has 5 nitrogen and oxygen atoms in total. The van der Waals surface area contributed by atoms with Crippen LogP contribution >= 0.6 is 11.8 Å². The van der Waals surface area contributed by atoms with Crippen molar-refractivity contribution in [1.29, 1.82) is 0 Å². The van der Waals surface area contributed by atoms with E-state index >= 15 is 0 Å². The molecule has 0 unspecified atom stereocenters. The molecule has 39 heavy (non-hydrogen) atoms. The van der Waals surface area contributed by atoms with E-state index < -0.39 is 17.7 Å². The molecule has 1 aliphatic rings. The van der Waals surface area contributed by atoms with Gasteiger partial charge in [0.05, 0.1) is 18.2 Å². The van der Waals surface area contributed by atoms with Crippen LogP contribution in [0.5, 0.6) is 5.75 Å². The lowest BCUT2D eigenvalue weighted by Crippen LogP contribution is -2.41. The number of ether oxygens (including phenoxy) is 1. The van der Waals surface area contributed by atoms with Crippen molar-refractivity contribution in [2.45, 2.75) is 49.6 Å². The van der Waals surface area contributed by atoms with Crippen molar-refractivity contribution in [2.24, 2.45) is 11.8 Å². The summed E-state index contributed by atoms with van der Waals surface area (Å²) in [6.07, 6.45) is 2.27. The zero-order chi connectivity index (χ0) is 27.8. The van der Waals surface area contributed by atoms with Crippen LogP contribution in [0, 0.1) is 11.8 Å². The minimum absolute atomic E-state index is 0.156. The van der Waals surface area contributed by atoms with Crippen molar-refractivity contribution in [3.05, 3.63) is 65.9 Å². The number of benzene rings is 2. The van der Waals surface area contributed by atoms with Crippen molar-refractivity contribution in [1.82, 2.24) is 9.88 Å². The van der Waals surface area contributed by atoms with Crippen LogP contribution in [0.1, 0.15) is 43.2 Å². The number of methoxy groups -OCH3 is 1. The number of aryl methyl sites for hydroxylation is 1. The first-order valence-electron chi connectivity index (χ1n) is 13.4. The normalized spacial score (nSPS) is 18.4. The van der Waals surface area contributed by atoms with E-state index in [1.54, 1.807) is 13.2 Å². The van der Waals surface area contributed by atoms with Crippen LogP contribution < -0.4 is 4.74 Å². The lowest BCUT2D eigenvalue weighted by atomic mass is 9.79. The molecule has 1 N–H and O–H groups in total. The molecular weight excluding hydrogens is 525 g/mol.